The van der Waals surface area contributed by atoms with Crippen molar-refractivity contribution in [3.63, 3.8) is 0 Å². The van der Waals surface area contributed by atoms with E-state index in [1.807, 2.05) is 0 Å². The molecule has 2 heterocycles. The lowest BCUT2D eigenvalue weighted by atomic mass is 9.75. The molecule has 1 saturated carbocycles. The van der Waals surface area contributed by atoms with Gasteiger partial charge in [-0.15, -0.1) is 0 Å². The van der Waals surface area contributed by atoms with E-state index in [0.717, 1.165) is 30.2 Å². The molecule has 3 fully saturated rings. The first-order chi connectivity index (χ1) is 16.6. The van der Waals surface area contributed by atoms with Gasteiger partial charge >= 0.3 is 12.2 Å². The fourth-order valence-corrected chi connectivity index (χ4v) is 5.49. The van der Waals surface area contributed by atoms with Gasteiger partial charge in [0.05, 0.1) is 5.56 Å². The minimum Gasteiger partial charge on any atom is -0.352 e. The molecular weight excluding hydrogens is 461 g/mol. The highest BCUT2D eigenvalue weighted by Crippen LogP contribution is 2.37. The van der Waals surface area contributed by atoms with Gasteiger partial charge < -0.3 is 10.6 Å². The maximum atomic E-state index is 13.0. The summed E-state index contributed by atoms with van der Waals surface area (Å²) in [5.41, 5.74) is -0.918. The first-order valence-corrected chi connectivity index (χ1v) is 12.4. The predicted octanol–water partition coefficient (Wildman–Crippen LogP) is 3.68. The van der Waals surface area contributed by atoms with E-state index in [-0.39, 0.29) is 24.4 Å². The molecule has 7 nitrogen and oxygen atoms in total. The number of piperidine rings is 1. The molecule has 2 saturated heterocycles. The molecule has 10 heteroatoms. The summed E-state index contributed by atoms with van der Waals surface area (Å²) in [5, 5.41) is 5.76. The number of carbonyl (C=O) groups is 3. The number of imide groups is 1. The number of benzene rings is 1. The molecule has 0 aromatic heterocycles. The second-order valence-electron chi connectivity index (χ2n) is 10.1. The third kappa shape index (κ3) is 5.79. The van der Waals surface area contributed by atoms with Crippen LogP contribution in [0, 0.1) is 5.92 Å². The standard InChI is InChI=1S/C25H33F3N4O3/c1-2-17-6-10-24(11-7-17)22(34)32(23(35)30-24)16-21(33)29-20-8-12-31(13-9-20)15-18-4-3-5-19(14-18)25(26,27)28/h3-5,14,17,20H,2,6-13,15-16H2,1H3,(H,29,33)(H,30,35). The molecular formula is C25H33F3N4O3. The van der Waals surface area contributed by atoms with E-state index in [1.54, 1.807) is 6.07 Å². The number of nitrogens with one attached hydrogen (secondary N) is 2. The maximum Gasteiger partial charge on any atom is 0.416 e. The number of alkyl halides is 3. The van der Waals surface area contributed by atoms with E-state index in [2.05, 4.69) is 22.5 Å². The molecule has 1 aliphatic carbocycles. The summed E-state index contributed by atoms with van der Waals surface area (Å²) in [6.45, 7) is 3.50. The lowest BCUT2D eigenvalue weighted by Crippen LogP contribution is -2.51. The highest BCUT2D eigenvalue weighted by atomic mass is 19.4. The molecule has 2 aliphatic heterocycles. The van der Waals surface area contributed by atoms with Crippen LogP contribution in [0.1, 0.15) is 63.0 Å². The average Bonchev–Trinajstić information content (AvgIpc) is 3.04. The number of hydrogen-bond acceptors (Lipinski definition) is 4. The Labute approximate surface area is 203 Å². The van der Waals surface area contributed by atoms with Gasteiger partial charge in [-0.1, -0.05) is 31.5 Å². The number of nitrogens with zero attached hydrogens (tertiary/aromatic N) is 2. The van der Waals surface area contributed by atoms with E-state index in [1.165, 1.54) is 12.1 Å². The van der Waals surface area contributed by atoms with Crippen LogP contribution in [-0.2, 0) is 22.3 Å². The van der Waals surface area contributed by atoms with Crippen LogP contribution in [0.15, 0.2) is 24.3 Å². The van der Waals surface area contributed by atoms with E-state index >= 15 is 0 Å². The molecule has 1 aromatic rings. The summed E-state index contributed by atoms with van der Waals surface area (Å²) in [5.74, 6) is -0.102. The fraction of sp³-hybridized carbons (Fsp3) is 0.640. The second kappa shape index (κ2) is 10.2. The van der Waals surface area contributed by atoms with Gasteiger partial charge in [0.15, 0.2) is 0 Å². The van der Waals surface area contributed by atoms with Crippen molar-refractivity contribution in [2.24, 2.45) is 5.92 Å². The van der Waals surface area contributed by atoms with Gasteiger partial charge in [-0.2, -0.15) is 13.2 Å². The van der Waals surface area contributed by atoms with Crippen molar-refractivity contribution in [1.82, 2.24) is 20.4 Å². The van der Waals surface area contributed by atoms with Gasteiger partial charge in [0.2, 0.25) is 5.91 Å². The van der Waals surface area contributed by atoms with Crippen molar-refractivity contribution in [3.8, 4) is 0 Å². The van der Waals surface area contributed by atoms with Crippen LogP contribution in [0.25, 0.3) is 0 Å². The largest absolute Gasteiger partial charge is 0.416 e. The van der Waals surface area contributed by atoms with Gasteiger partial charge in [-0.05, 0) is 56.1 Å². The summed E-state index contributed by atoms with van der Waals surface area (Å²) >= 11 is 0. The predicted molar refractivity (Wildman–Crippen MR) is 123 cm³/mol. The Kier molecular flexibility index (Phi) is 7.40. The van der Waals surface area contributed by atoms with E-state index in [4.69, 9.17) is 0 Å². The summed E-state index contributed by atoms with van der Waals surface area (Å²) in [4.78, 5) is 41.2. The molecule has 192 valence electrons. The van der Waals surface area contributed by atoms with Crippen LogP contribution in [0.5, 0.6) is 0 Å². The number of carbonyl (C=O) groups excluding carboxylic acids is 3. The second-order valence-corrected chi connectivity index (χ2v) is 10.1. The van der Waals surface area contributed by atoms with Crippen LogP contribution < -0.4 is 10.6 Å². The zero-order valence-corrected chi connectivity index (χ0v) is 20.0. The highest BCUT2D eigenvalue weighted by molar-refractivity contribution is 6.09. The Bertz CT molecular complexity index is 952. The Morgan fingerprint density at radius 1 is 1.14 bits per heavy atom. The lowest BCUT2D eigenvalue weighted by Gasteiger charge is -2.34. The minimum absolute atomic E-state index is 0.102. The van der Waals surface area contributed by atoms with Crippen molar-refractivity contribution in [2.45, 2.75) is 76.2 Å². The third-order valence-electron chi connectivity index (χ3n) is 7.70. The van der Waals surface area contributed by atoms with E-state index in [0.29, 0.717) is 56.8 Å². The average molecular weight is 495 g/mol. The summed E-state index contributed by atoms with van der Waals surface area (Å²) < 4.78 is 38.8. The molecule has 4 rings (SSSR count). The van der Waals surface area contributed by atoms with E-state index < -0.39 is 23.3 Å². The monoisotopic (exact) mass is 494 g/mol. The van der Waals surface area contributed by atoms with Crippen LogP contribution >= 0.6 is 0 Å². The molecule has 0 unspecified atom stereocenters. The Hall–Kier alpha value is -2.62. The maximum absolute atomic E-state index is 13.0. The van der Waals surface area contributed by atoms with Crippen LogP contribution in [0.4, 0.5) is 18.0 Å². The van der Waals surface area contributed by atoms with Gasteiger partial charge in [-0.25, -0.2) is 4.79 Å². The number of hydrogen-bond donors (Lipinski definition) is 2. The zero-order valence-electron chi connectivity index (χ0n) is 20.0. The SMILES string of the molecule is CCC1CCC2(CC1)NC(=O)N(CC(=O)NC1CCN(Cc3cccc(C(F)(F)F)c3)CC1)C2=O. The molecule has 2 N–H and O–H groups in total. The number of halogens is 3. The zero-order chi connectivity index (χ0) is 25.2. The highest BCUT2D eigenvalue weighted by Gasteiger charge is 2.52. The smallest absolute Gasteiger partial charge is 0.352 e. The van der Waals surface area contributed by atoms with Gasteiger partial charge in [0, 0.05) is 25.7 Å². The molecule has 3 aliphatic rings. The third-order valence-corrected chi connectivity index (χ3v) is 7.70. The minimum atomic E-state index is -4.37. The number of urea groups is 1. The van der Waals surface area contributed by atoms with Crippen molar-refractivity contribution in [2.75, 3.05) is 19.6 Å². The number of amides is 4. The molecule has 0 atom stereocenters. The van der Waals surface area contributed by atoms with Gasteiger partial charge in [-0.3, -0.25) is 19.4 Å². The fourth-order valence-electron chi connectivity index (χ4n) is 5.49. The molecule has 1 spiro atoms. The van der Waals surface area contributed by atoms with Crippen LogP contribution in [-0.4, -0.2) is 58.9 Å². The molecule has 4 amide bonds. The lowest BCUT2D eigenvalue weighted by molar-refractivity contribution is -0.137. The molecule has 1 aromatic carbocycles. The topological polar surface area (TPSA) is 81.8 Å². The number of rotatable bonds is 6. The van der Waals surface area contributed by atoms with Crippen LogP contribution in [0.3, 0.4) is 0 Å². The van der Waals surface area contributed by atoms with Crippen molar-refractivity contribution in [1.29, 1.82) is 0 Å². The van der Waals surface area contributed by atoms with Crippen molar-refractivity contribution < 1.29 is 27.6 Å². The molecule has 35 heavy (non-hydrogen) atoms. The summed E-state index contributed by atoms with van der Waals surface area (Å²) in [6.07, 6.45) is 0.985. The molecule has 0 radical (unpaired) electrons. The normalized spacial score (nSPS) is 26.3. The van der Waals surface area contributed by atoms with Crippen molar-refractivity contribution in [3.05, 3.63) is 35.4 Å². The Balaban J connectivity index is 1.24. The number of likely N-dealkylation sites (tertiary alicyclic amines) is 1. The summed E-state index contributed by atoms with van der Waals surface area (Å²) in [7, 11) is 0. The quantitative estimate of drug-likeness (QED) is 0.592. The first-order valence-electron chi connectivity index (χ1n) is 12.4. The first kappa shape index (κ1) is 25.5. The van der Waals surface area contributed by atoms with Gasteiger partial charge in [0.25, 0.3) is 5.91 Å². The summed E-state index contributed by atoms with van der Waals surface area (Å²) in [6, 6.07) is 4.73. The molecule has 0 bridgehead atoms. The van der Waals surface area contributed by atoms with Crippen molar-refractivity contribution >= 4 is 17.8 Å². The van der Waals surface area contributed by atoms with E-state index in [9.17, 15) is 27.6 Å². The Morgan fingerprint density at radius 3 is 2.46 bits per heavy atom. The van der Waals surface area contributed by atoms with Crippen LogP contribution in [0.2, 0.25) is 0 Å². The Morgan fingerprint density at radius 2 is 1.83 bits per heavy atom. The van der Waals surface area contributed by atoms with Gasteiger partial charge in [0.1, 0.15) is 12.1 Å².